The molecule has 0 saturated heterocycles. The Labute approximate surface area is 183 Å². The first-order valence-corrected chi connectivity index (χ1v) is 11.4. The second kappa shape index (κ2) is 8.61. The summed E-state index contributed by atoms with van der Waals surface area (Å²) in [5, 5.41) is 19.8. The third-order valence-electron chi connectivity index (χ3n) is 5.53. The predicted molar refractivity (Wildman–Crippen MR) is 111 cm³/mol. The SMILES string of the molecule is N#Cc1ccc2c(C#N)c(-c3ncc(S(=O)(=O)NC(CF)CF)cn3)n(C3CCC3)c2c1. The van der Waals surface area contributed by atoms with Crippen LogP contribution in [0.15, 0.2) is 35.5 Å². The fourth-order valence-corrected chi connectivity index (χ4v) is 4.79. The van der Waals surface area contributed by atoms with Crippen LogP contribution in [-0.4, -0.2) is 42.3 Å². The molecular formula is C21H18F2N6O2S. The Morgan fingerprint density at radius 1 is 1.16 bits per heavy atom. The van der Waals surface area contributed by atoms with Crippen LogP contribution < -0.4 is 4.72 Å². The smallest absolute Gasteiger partial charge is 0.244 e. The van der Waals surface area contributed by atoms with Gasteiger partial charge in [0.05, 0.1) is 41.1 Å². The lowest BCUT2D eigenvalue weighted by Crippen LogP contribution is -2.38. The average molecular weight is 456 g/mol. The van der Waals surface area contributed by atoms with Gasteiger partial charge in [-0.2, -0.15) is 10.5 Å². The maximum atomic E-state index is 12.7. The molecule has 2 heterocycles. The van der Waals surface area contributed by atoms with Crippen molar-refractivity contribution in [2.45, 2.75) is 36.2 Å². The summed E-state index contributed by atoms with van der Waals surface area (Å²) in [5.74, 6) is 0.148. The quantitative estimate of drug-likeness (QED) is 0.582. The van der Waals surface area contributed by atoms with Gasteiger partial charge in [-0.05, 0) is 31.4 Å². The van der Waals surface area contributed by atoms with E-state index in [9.17, 15) is 27.7 Å². The summed E-state index contributed by atoms with van der Waals surface area (Å²) < 4.78 is 54.1. The van der Waals surface area contributed by atoms with Crippen LogP contribution in [0.2, 0.25) is 0 Å². The zero-order valence-corrected chi connectivity index (χ0v) is 17.6. The molecular weight excluding hydrogens is 438 g/mol. The topological polar surface area (TPSA) is 124 Å². The predicted octanol–water partition coefficient (Wildman–Crippen LogP) is 3.15. The molecule has 0 atom stereocenters. The van der Waals surface area contributed by atoms with Crippen LogP contribution in [0.5, 0.6) is 0 Å². The van der Waals surface area contributed by atoms with Crippen LogP contribution in [0.25, 0.3) is 22.4 Å². The highest BCUT2D eigenvalue weighted by Crippen LogP contribution is 2.41. The van der Waals surface area contributed by atoms with E-state index in [4.69, 9.17) is 0 Å². The van der Waals surface area contributed by atoms with E-state index in [0.29, 0.717) is 22.2 Å². The van der Waals surface area contributed by atoms with Gasteiger partial charge in [0.15, 0.2) is 5.82 Å². The first kappa shape index (κ1) is 21.8. The van der Waals surface area contributed by atoms with Crippen LogP contribution in [0.1, 0.15) is 36.4 Å². The van der Waals surface area contributed by atoms with Crippen LogP contribution in [0.4, 0.5) is 8.78 Å². The number of nitrogens with one attached hydrogen (secondary N) is 1. The van der Waals surface area contributed by atoms with E-state index in [-0.39, 0.29) is 16.8 Å². The molecule has 0 amide bonds. The Kier molecular flexibility index (Phi) is 5.87. The van der Waals surface area contributed by atoms with Crippen molar-refractivity contribution in [3.05, 3.63) is 41.7 Å². The van der Waals surface area contributed by atoms with E-state index in [0.717, 1.165) is 37.2 Å². The first-order chi connectivity index (χ1) is 15.4. The lowest BCUT2D eigenvalue weighted by atomic mass is 9.92. The third-order valence-corrected chi connectivity index (χ3v) is 7.00. The maximum absolute atomic E-state index is 12.7. The summed E-state index contributed by atoms with van der Waals surface area (Å²) in [5.41, 5.74) is 1.95. The van der Waals surface area contributed by atoms with Gasteiger partial charge in [0.2, 0.25) is 10.0 Å². The number of fused-ring (bicyclic) bond motifs is 1. The van der Waals surface area contributed by atoms with E-state index >= 15 is 0 Å². The van der Waals surface area contributed by atoms with Gasteiger partial charge in [0.1, 0.15) is 30.0 Å². The minimum absolute atomic E-state index is 0.104. The molecule has 1 aromatic carbocycles. The van der Waals surface area contributed by atoms with Crippen LogP contribution in [0.3, 0.4) is 0 Å². The van der Waals surface area contributed by atoms with E-state index in [1.165, 1.54) is 0 Å². The highest BCUT2D eigenvalue weighted by atomic mass is 32.2. The molecule has 0 spiro atoms. The van der Waals surface area contributed by atoms with E-state index in [2.05, 4.69) is 22.1 Å². The number of nitriles is 2. The number of rotatable bonds is 7. The van der Waals surface area contributed by atoms with Crippen LogP contribution in [-0.2, 0) is 10.0 Å². The summed E-state index contributed by atoms with van der Waals surface area (Å²) in [7, 11) is -4.21. The zero-order valence-electron chi connectivity index (χ0n) is 16.8. The Morgan fingerprint density at radius 3 is 2.38 bits per heavy atom. The van der Waals surface area contributed by atoms with Crippen molar-refractivity contribution in [1.29, 1.82) is 10.5 Å². The van der Waals surface area contributed by atoms with Crippen molar-refractivity contribution in [2.75, 3.05) is 13.3 Å². The molecule has 1 fully saturated rings. The van der Waals surface area contributed by atoms with E-state index < -0.39 is 29.4 Å². The fraction of sp³-hybridized carbons (Fsp3) is 0.333. The minimum atomic E-state index is -4.21. The maximum Gasteiger partial charge on any atom is 0.244 e. The fourth-order valence-electron chi connectivity index (χ4n) is 3.71. The number of sulfonamides is 1. The largest absolute Gasteiger partial charge is 0.334 e. The molecule has 164 valence electrons. The van der Waals surface area contributed by atoms with Crippen molar-refractivity contribution in [3.63, 3.8) is 0 Å². The molecule has 1 aliphatic rings. The van der Waals surface area contributed by atoms with Gasteiger partial charge >= 0.3 is 0 Å². The van der Waals surface area contributed by atoms with Crippen LogP contribution >= 0.6 is 0 Å². The summed E-state index contributed by atoms with van der Waals surface area (Å²) in [6, 6.07) is 7.97. The molecule has 1 N–H and O–H groups in total. The van der Waals surface area contributed by atoms with Crippen molar-refractivity contribution in [1.82, 2.24) is 19.3 Å². The molecule has 0 radical (unpaired) electrons. The van der Waals surface area contributed by atoms with Crippen molar-refractivity contribution < 1.29 is 17.2 Å². The van der Waals surface area contributed by atoms with Gasteiger partial charge in [0, 0.05) is 11.4 Å². The van der Waals surface area contributed by atoms with Gasteiger partial charge in [-0.1, -0.05) is 6.07 Å². The second-order valence-corrected chi connectivity index (χ2v) is 9.22. The molecule has 8 nitrogen and oxygen atoms in total. The van der Waals surface area contributed by atoms with Crippen molar-refractivity contribution in [3.8, 4) is 23.7 Å². The van der Waals surface area contributed by atoms with Gasteiger partial charge in [-0.25, -0.2) is 31.9 Å². The zero-order chi connectivity index (χ0) is 22.9. The molecule has 1 saturated carbocycles. The van der Waals surface area contributed by atoms with Gasteiger partial charge < -0.3 is 4.57 Å². The summed E-state index contributed by atoms with van der Waals surface area (Å²) >= 11 is 0. The molecule has 0 aliphatic heterocycles. The average Bonchev–Trinajstić information content (AvgIpc) is 3.09. The third kappa shape index (κ3) is 3.70. The summed E-state index contributed by atoms with van der Waals surface area (Å²) in [6.45, 7) is -2.38. The number of benzene rings is 1. The normalized spacial score (nSPS) is 14.3. The number of aromatic nitrogens is 3. The number of hydrogen-bond donors (Lipinski definition) is 1. The van der Waals surface area contributed by atoms with Crippen molar-refractivity contribution in [2.24, 2.45) is 0 Å². The molecule has 4 rings (SSSR count). The van der Waals surface area contributed by atoms with Gasteiger partial charge in [-0.15, -0.1) is 0 Å². The van der Waals surface area contributed by atoms with Gasteiger partial charge in [0.25, 0.3) is 0 Å². The monoisotopic (exact) mass is 456 g/mol. The number of nitrogens with zero attached hydrogens (tertiary/aromatic N) is 5. The number of halogens is 2. The lowest BCUT2D eigenvalue weighted by Gasteiger charge is -2.29. The lowest BCUT2D eigenvalue weighted by molar-refractivity contribution is 0.323. The highest BCUT2D eigenvalue weighted by Gasteiger charge is 2.29. The Hall–Kier alpha value is -3.41. The highest BCUT2D eigenvalue weighted by molar-refractivity contribution is 7.89. The van der Waals surface area contributed by atoms with E-state index in [1.54, 1.807) is 18.2 Å². The first-order valence-electron chi connectivity index (χ1n) is 9.88. The Balaban J connectivity index is 1.83. The Morgan fingerprint density at radius 2 is 1.84 bits per heavy atom. The van der Waals surface area contributed by atoms with Crippen LogP contribution in [0, 0.1) is 22.7 Å². The molecule has 32 heavy (non-hydrogen) atoms. The number of hydrogen-bond acceptors (Lipinski definition) is 6. The standard InChI is InChI=1S/C21H18F2N6O2S/c22-7-14(8-23)28-32(30,31)16-11-26-21(27-12-16)20-18(10-25)17-5-4-13(9-24)6-19(17)29(20)15-2-1-3-15/h4-6,11-12,14-15,28H,1-3,7-8H2. The molecule has 0 bridgehead atoms. The molecule has 3 aromatic rings. The second-order valence-electron chi connectivity index (χ2n) is 7.50. The van der Waals surface area contributed by atoms with E-state index in [1.807, 2.05) is 9.29 Å². The molecule has 2 aromatic heterocycles. The number of alkyl halides is 2. The van der Waals surface area contributed by atoms with Gasteiger partial charge in [-0.3, -0.25) is 0 Å². The summed E-state index contributed by atoms with van der Waals surface area (Å²) in [6.07, 6.45) is 4.90. The molecule has 11 heteroatoms. The summed E-state index contributed by atoms with van der Waals surface area (Å²) in [4.78, 5) is 7.99. The minimum Gasteiger partial charge on any atom is -0.334 e. The Bertz CT molecular complexity index is 1350. The molecule has 0 unspecified atom stereocenters. The van der Waals surface area contributed by atoms with Crippen molar-refractivity contribution >= 4 is 20.9 Å². The molecule has 1 aliphatic carbocycles.